The van der Waals surface area contributed by atoms with E-state index < -0.39 is 20.7 Å². The van der Waals surface area contributed by atoms with E-state index in [1.165, 1.54) is 18.2 Å². The van der Waals surface area contributed by atoms with Crippen molar-refractivity contribution in [3.63, 3.8) is 0 Å². The molecule has 1 aromatic heterocycles. The van der Waals surface area contributed by atoms with E-state index in [1.807, 2.05) is 6.20 Å². The Bertz CT molecular complexity index is 791. The fourth-order valence-corrected chi connectivity index (χ4v) is 4.03. The third-order valence-electron chi connectivity index (χ3n) is 3.82. The summed E-state index contributed by atoms with van der Waals surface area (Å²) >= 11 is 5.63. The SMILES string of the molecule is O=S(=O)(NC[C@H]1CCn2ccnc2C1)c1cccc(Cl)c1F. The lowest BCUT2D eigenvalue weighted by atomic mass is 9.98. The zero-order chi connectivity index (χ0) is 15.7. The number of fused-ring (bicyclic) bond motifs is 1. The van der Waals surface area contributed by atoms with E-state index in [-0.39, 0.29) is 17.5 Å². The van der Waals surface area contributed by atoms with Crippen LogP contribution in [-0.4, -0.2) is 24.5 Å². The van der Waals surface area contributed by atoms with Gasteiger partial charge in [0.1, 0.15) is 10.7 Å². The van der Waals surface area contributed by atoms with E-state index in [1.54, 1.807) is 6.20 Å². The fraction of sp³-hybridized carbons (Fsp3) is 0.357. The van der Waals surface area contributed by atoms with Gasteiger partial charge in [-0.3, -0.25) is 0 Å². The van der Waals surface area contributed by atoms with E-state index in [9.17, 15) is 12.8 Å². The first-order valence-electron chi connectivity index (χ1n) is 6.91. The molecular formula is C14H15ClFN3O2S. The van der Waals surface area contributed by atoms with Crippen molar-refractivity contribution in [1.29, 1.82) is 0 Å². The van der Waals surface area contributed by atoms with Crippen LogP contribution in [0.3, 0.4) is 0 Å². The maximum atomic E-state index is 13.9. The molecule has 0 unspecified atom stereocenters. The third kappa shape index (κ3) is 3.02. The molecule has 5 nitrogen and oxygen atoms in total. The standard InChI is InChI=1S/C14H15ClFN3O2S/c15-11-2-1-3-12(14(11)16)22(20,21)18-9-10-4-6-19-7-5-17-13(19)8-10/h1-3,5,7,10,18H,4,6,8-9H2/t10-/m0/s1. The number of halogens is 2. The van der Waals surface area contributed by atoms with Gasteiger partial charge in [-0.15, -0.1) is 0 Å². The maximum absolute atomic E-state index is 13.9. The predicted octanol–water partition coefficient (Wildman–Crippen LogP) is 2.22. The highest BCUT2D eigenvalue weighted by Crippen LogP contribution is 2.23. The number of aromatic nitrogens is 2. The minimum absolute atomic E-state index is 0.145. The number of sulfonamides is 1. The normalized spacial score (nSPS) is 18.2. The minimum Gasteiger partial charge on any atom is -0.335 e. The molecular weight excluding hydrogens is 329 g/mol. The molecule has 1 aromatic carbocycles. The van der Waals surface area contributed by atoms with Crippen LogP contribution in [0, 0.1) is 11.7 Å². The molecule has 0 radical (unpaired) electrons. The Balaban J connectivity index is 1.70. The number of hydrogen-bond acceptors (Lipinski definition) is 3. The van der Waals surface area contributed by atoms with Crippen LogP contribution in [0.1, 0.15) is 12.2 Å². The number of nitrogens with zero attached hydrogens (tertiary/aromatic N) is 2. The van der Waals surface area contributed by atoms with Crippen LogP contribution in [0.5, 0.6) is 0 Å². The third-order valence-corrected chi connectivity index (χ3v) is 5.55. The average molecular weight is 344 g/mol. The quantitative estimate of drug-likeness (QED) is 0.925. The van der Waals surface area contributed by atoms with E-state index in [2.05, 4.69) is 14.3 Å². The number of rotatable bonds is 4. The first-order valence-corrected chi connectivity index (χ1v) is 8.77. The van der Waals surface area contributed by atoms with Crippen molar-refractivity contribution in [2.75, 3.05) is 6.54 Å². The van der Waals surface area contributed by atoms with Gasteiger partial charge in [0.2, 0.25) is 10.0 Å². The van der Waals surface area contributed by atoms with Crippen LogP contribution in [0.15, 0.2) is 35.5 Å². The maximum Gasteiger partial charge on any atom is 0.243 e. The molecule has 1 aliphatic heterocycles. The van der Waals surface area contributed by atoms with E-state index >= 15 is 0 Å². The van der Waals surface area contributed by atoms with Crippen molar-refractivity contribution in [2.45, 2.75) is 24.3 Å². The molecule has 0 saturated heterocycles. The van der Waals surface area contributed by atoms with Gasteiger partial charge in [-0.05, 0) is 24.5 Å². The Morgan fingerprint density at radius 2 is 2.27 bits per heavy atom. The summed E-state index contributed by atoms with van der Waals surface area (Å²) in [5.74, 6) is 0.173. The van der Waals surface area contributed by atoms with Crippen molar-refractivity contribution >= 4 is 21.6 Å². The molecule has 0 spiro atoms. The Labute approximate surface area is 133 Å². The molecule has 1 atom stereocenters. The summed E-state index contributed by atoms with van der Waals surface area (Å²) < 4.78 is 42.8. The van der Waals surface area contributed by atoms with E-state index in [0.717, 1.165) is 18.8 Å². The molecule has 0 saturated carbocycles. The molecule has 0 aliphatic carbocycles. The lowest BCUT2D eigenvalue weighted by Crippen LogP contribution is -2.33. The van der Waals surface area contributed by atoms with Crippen molar-refractivity contribution in [3.8, 4) is 0 Å². The van der Waals surface area contributed by atoms with Gasteiger partial charge < -0.3 is 4.57 Å². The Kier molecular flexibility index (Phi) is 4.20. The predicted molar refractivity (Wildman–Crippen MR) is 80.6 cm³/mol. The smallest absolute Gasteiger partial charge is 0.243 e. The van der Waals surface area contributed by atoms with Crippen molar-refractivity contribution < 1.29 is 12.8 Å². The zero-order valence-electron chi connectivity index (χ0n) is 11.7. The molecule has 3 rings (SSSR count). The number of aryl methyl sites for hydroxylation is 1. The molecule has 8 heteroatoms. The van der Waals surface area contributed by atoms with Crippen LogP contribution < -0.4 is 4.72 Å². The summed E-state index contributed by atoms with van der Waals surface area (Å²) in [6.07, 6.45) is 5.21. The van der Waals surface area contributed by atoms with Crippen LogP contribution in [-0.2, 0) is 23.0 Å². The van der Waals surface area contributed by atoms with Gasteiger partial charge in [0.15, 0.2) is 5.82 Å². The molecule has 2 heterocycles. The van der Waals surface area contributed by atoms with Crippen LogP contribution >= 0.6 is 11.6 Å². The zero-order valence-corrected chi connectivity index (χ0v) is 13.2. The molecule has 0 bridgehead atoms. The molecule has 0 amide bonds. The number of nitrogens with one attached hydrogen (secondary N) is 1. The van der Waals surface area contributed by atoms with Crippen molar-refractivity contribution in [3.05, 3.63) is 47.3 Å². The van der Waals surface area contributed by atoms with Gasteiger partial charge in [0.25, 0.3) is 0 Å². The Morgan fingerprint density at radius 1 is 1.45 bits per heavy atom. The molecule has 118 valence electrons. The van der Waals surface area contributed by atoms with Gasteiger partial charge in [0.05, 0.1) is 5.02 Å². The summed E-state index contributed by atoms with van der Waals surface area (Å²) in [5, 5.41) is -0.206. The molecule has 1 aliphatic rings. The Hall–Kier alpha value is -1.44. The summed E-state index contributed by atoms with van der Waals surface area (Å²) in [4.78, 5) is 3.82. The minimum atomic E-state index is -3.91. The van der Waals surface area contributed by atoms with E-state index in [0.29, 0.717) is 6.42 Å². The summed E-state index contributed by atoms with van der Waals surface area (Å²) in [6.45, 7) is 1.06. The van der Waals surface area contributed by atoms with Crippen molar-refractivity contribution in [1.82, 2.24) is 14.3 Å². The highest BCUT2D eigenvalue weighted by atomic mass is 35.5. The lowest BCUT2D eigenvalue weighted by molar-refractivity contribution is 0.379. The molecule has 1 N–H and O–H groups in total. The molecule has 2 aromatic rings. The topological polar surface area (TPSA) is 64.0 Å². The second-order valence-corrected chi connectivity index (χ2v) is 7.44. The monoisotopic (exact) mass is 343 g/mol. The van der Waals surface area contributed by atoms with Gasteiger partial charge >= 0.3 is 0 Å². The molecule has 0 fully saturated rings. The van der Waals surface area contributed by atoms with Gasteiger partial charge in [-0.1, -0.05) is 17.7 Å². The second-order valence-electron chi connectivity index (χ2n) is 5.30. The summed E-state index contributed by atoms with van der Waals surface area (Å²) in [7, 11) is -3.91. The highest BCUT2D eigenvalue weighted by Gasteiger charge is 2.24. The van der Waals surface area contributed by atoms with Gasteiger partial charge in [-0.25, -0.2) is 22.5 Å². The molecule has 22 heavy (non-hydrogen) atoms. The highest BCUT2D eigenvalue weighted by molar-refractivity contribution is 7.89. The van der Waals surface area contributed by atoms with Crippen LogP contribution in [0.25, 0.3) is 0 Å². The van der Waals surface area contributed by atoms with Crippen LogP contribution in [0.4, 0.5) is 4.39 Å². The van der Waals surface area contributed by atoms with Crippen molar-refractivity contribution in [2.24, 2.45) is 5.92 Å². The van der Waals surface area contributed by atoms with Gasteiger partial charge in [-0.2, -0.15) is 0 Å². The fourth-order valence-electron chi connectivity index (χ4n) is 2.59. The average Bonchev–Trinajstić information content (AvgIpc) is 2.95. The summed E-state index contributed by atoms with van der Waals surface area (Å²) in [5.41, 5.74) is 0. The first-order chi connectivity index (χ1) is 10.5. The van der Waals surface area contributed by atoms with E-state index in [4.69, 9.17) is 11.6 Å². The lowest BCUT2D eigenvalue weighted by Gasteiger charge is -2.23. The second kappa shape index (κ2) is 5.98. The Morgan fingerprint density at radius 3 is 3.09 bits per heavy atom. The number of imidazole rings is 1. The summed E-state index contributed by atoms with van der Waals surface area (Å²) in [6, 6.07) is 3.94. The number of benzene rings is 1. The van der Waals surface area contributed by atoms with Gasteiger partial charge in [0, 0.05) is 31.9 Å². The number of hydrogen-bond donors (Lipinski definition) is 1. The van der Waals surface area contributed by atoms with Crippen LogP contribution in [0.2, 0.25) is 5.02 Å². The largest absolute Gasteiger partial charge is 0.335 e. The first kappa shape index (κ1) is 15.5.